The molecule has 3 aromatic carbocycles. The van der Waals surface area contributed by atoms with Crippen molar-refractivity contribution in [1.29, 1.82) is 0 Å². The van der Waals surface area contributed by atoms with E-state index in [0.29, 0.717) is 56.5 Å². The first-order valence-corrected chi connectivity index (χ1v) is 16.7. The fourth-order valence-electron chi connectivity index (χ4n) is 7.13. The van der Waals surface area contributed by atoms with E-state index in [0.717, 1.165) is 22.6 Å². The van der Waals surface area contributed by atoms with Gasteiger partial charge in [0, 0.05) is 49.9 Å². The fraction of sp³-hybridized carbons (Fsp3) is 0.316. The van der Waals surface area contributed by atoms with E-state index in [4.69, 9.17) is 4.74 Å². The minimum absolute atomic E-state index is 0.0154. The minimum atomic E-state index is -1.18. The second-order valence-electron chi connectivity index (χ2n) is 13.1. The molecule has 2 fully saturated rings. The van der Waals surface area contributed by atoms with Crippen LogP contribution in [0.2, 0.25) is 0 Å². The Kier molecular flexibility index (Phi) is 8.92. The Morgan fingerprint density at radius 3 is 2.27 bits per heavy atom. The number of ether oxygens (including phenoxy) is 1. The van der Waals surface area contributed by atoms with Gasteiger partial charge in [-0.2, -0.15) is 0 Å². The third-order valence-corrected chi connectivity index (χ3v) is 9.93. The number of carboxylic acid groups (broad SMARTS) is 1. The summed E-state index contributed by atoms with van der Waals surface area (Å²) in [5.74, 6) is 0.132. The first-order valence-electron chi connectivity index (χ1n) is 16.7. The molecule has 2 aromatic heterocycles. The van der Waals surface area contributed by atoms with E-state index in [1.165, 1.54) is 15.8 Å². The normalized spacial score (nSPS) is 19.1. The molecule has 2 N–H and O–H groups in total. The molecular weight excluding hydrogens is 622 g/mol. The molecule has 49 heavy (non-hydrogen) atoms. The Morgan fingerprint density at radius 2 is 1.57 bits per heavy atom. The van der Waals surface area contributed by atoms with Crippen LogP contribution in [-0.2, 0) is 17.9 Å². The third-order valence-electron chi connectivity index (χ3n) is 9.93. The number of aromatic nitrogens is 3. The summed E-state index contributed by atoms with van der Waals surface area (Å²) in [5, 5.41) is 21.6. The van der Waals surface area contributed by atoms with Crippen molar-refractivity contribution in [3.05, 3.63) is 125 Å². The molecule has 4 heterocycles. The zero-order chi connectivity index (χ0) is 34.0. The average Bonchev–Trinajstić information content (AvgIpc) is 3.58. The molecule has 11 nitrogen and oxygen atoms in total. The van der Waals surface area contributed by atoms with Crippen LogP contribution in [0.15, 0.2) is 108 Å². The highest BCUT2D eigenvalue weighted by Crippen LogP contribution is 2.35. The summed E-state index contributed by atoms with van der Waals surface area (Å²) < 4.78 is 9.22. The molecule has 5 aromatic rings. The van der Waals surface area contributed by atoms with Gasteiger partial charge in [0.25, 0.3) is 5.56 Å². The van der Waals surface area contributed by atoms with Crippen molar-refractivity contribution in [3.63, 3.8) is 0 Å². The second kappa shape index (κ2) is 13.6. The quantitative estimate of drug-likeness (QED) is 0.242. The summed E-state index contributed by atoms with van der Waals surface area (Å²) in [5.41, 5.74) is 1.97. The van der Waals surface area contributed by atoms with Crippen molar-refractivity contribution in [2.24, 2.45) is 5.92 Å². The third kappa shape index (κ3) is 6.80. The molecule has 0 radical (unpaired) electrons. The van der Waals surface area contributed by atoms with E-state index < -0.39 is 11.7 Å². The summed E-state index contributed by atoms with van der Waals surface area (Å²) in [7, 11) is 0. The van der Waals surface area contributed by atoms with Gasteiger partial charge in [0.2, 0.25) is 5.91 Å². The average molecular weight is 662 g/mol. The lowest BCUT2D eigenvalue weighted by molar-refractivity contribution is -0.142. The van der Waals surface area contributed by atoms with Crippen LogP contribution in [0.5, 0.6) is 5.75 Å². The maximum absolute atomic E-state index is 13.8. The van der Waals surface area contributed by atoms with Crippen molar-refractivity contribution in [2.45, 2.75) is 43.9 Å². The number of fused-ring (bicyclic) bond motifs is 1. The lowest BCUT2D eigenvalue weighted by Gasteiger charge is -2.42. The fourth-order valence-corrected chi connectivity index (χ4v) is 7.13. The van der Waals surface area contributed by atoms with Gasteiger partial charge in [-0.3, -0.25) is 14.2 Å². The Balaban J connectivity index is 1.00. The lowest BCUT2D eigenvalue weighted by atomic mass is 9.79. The number of benzene rings is 3. The van der Waals surface area contributed by atoms with Crippen LogP contribution in [-0.4, -0.2) is 77.9 Å². The Bertz CT molecular complexity index is 1980. The highest BCUT2D eigenvalue weighted by molar-refractivity contribution is 5.81. The van der Waals surface area contributed by atoms with Crippen LogP contribution in [0.3, 0.4) is 0 Å². The minimum Gasteiger partial charge on any atom is -0.489 e. The molecule has 252 valence electrons. The largest absolute Gasteiger partial charge is 0.489 e. The van der Waals surface area contributed by atoms with E-state index in [-0.39, 0.29) is 36.4 Å². The van der Waals surface area contributed by atoms with Gasteiger partial charge in [0.05, 0.1) is 17.5 Å². The van der Waals surface area contributed by atoms with Crippen LogP contribution < -0.4 is 10.3 Å². The van der Waals surface area contributed by atoms with E-state index in [1.54, 1.807) is 11.0 Å². The number of amides is 2. The highest BCUT2D eigenvalue weighted by atomic mass is 16.5. The zero-order valence-electron chi connectivity index (χ0n) is 27.1. The molecule has 2 aliphatic rings. The number of likely N-dealkylation sites (tertiary alicyclic amines) is 2. The highest BCUT2D eigenvalue weighted by Gasteiger charge is 2.41. The van der Waals surface area contributed by atoms with Gasteiger partial charge >= 0.3 is 6.09 Å². The number of piperidine rings is 2. The van der Waals surface area contributed by atoms with E-state index >= 15 is 0 Å². The number of hydrogen-bond acceptors (Lipinski definition) is 6. The summed E-state index contributed by atoms with van der Waals surface area (Å²) in [6.07, 6.45) is 3.38. The molecule has 0 unspecified atom stereocenters. The van der Waals surface area contributed by atoms with Gasteiger partial charge < -0.3 is 29.3 Å². The number of aliphatic hydroxyl groups is 1. The van der Waals surface area contributed by atoms with Gasteiger partial charge in [0.15, 0.2) is 5.65 Å². The summed E-state index contributed by atoms with van der Waals surface area (Å²) in [6, 6.07) is 28.9. The van der Waals surface area contributed by atoms with Crippen molar-refractivity contribution >= 4 is 23.0 Å². The number of hydrogen-bond donors (Lipinski definition) is 2. The van der Waals surface area contributed by atoms with Gasteiger partial charge in [-0.1, -0.05) is 60.7 Å². The molecule has 0 spiro atoms. The number of rotatable bonds is 8. The van der Waals surface area contributed by atoms with Crippen LogP contribution >= 0.6 is 0 Å². The molecule has 2 aliphatic heterocycles. The van der Waals surface area contributed by atoms with E-state index in [9.17, 15) is 24.6 Å². The second-order valence-corrected chi connectivity index (χ2v) is 13.1. The standard InChI is InChI=1S/C38H39N5O6/c44-35(31-15-19-41(37(46)47)23-33(31)28-9-5-2-6-10-28)40-21-17-38(48,18-22-40)25-42-26-39-34-32(36(42)45)16-20-43(34)29-11-13-30(14-12-29)49-24-27-7-3-1-4-8-27/h1-14,16,20,26,31,33,48H,15,17-19,21-25H2,(H,46,47)/t31-,33+/m1/s1. The molecule has 2 atom stereocenters. The summed E-state index contributed by atoms with van der Waals surface area (Å²) >= 11 is 0. The van der Waals surface area contributed by atoms with Crippen LogP contribution in [0, 0.1) is 5.92 Å². The molecule has 7 rings (SSSR count). The maximum atomic E-state index is 13.8. The number of nitrogens with zero attached hydrogens (tertiary/aromatic N) is 5. The molecule has 2 amide bonds. The predicted octanol–water partition coefficient (Wildman–Crippen LogP) is 4.90. The molecule has 0 bridgehead atoms. The Labute approximate surface area is 283 Å². The van der Waals surface area contributed by atoms with Gasteiger partial charge in [-0.05, 0) is 60.7 Å². The van der Waals surface area contributed by atoms with E-state index in [2.05, 4.69) is 4.98 Å². The van der Waals surface area contributed by atoms with Crippen LogP contribution in [0.25, 0.3) is 16.7 Å². The molecule has 0 aliphatic carbocycles. The van der Waals surface area contributed by atoms with E-state index in [1.807, 2.05) is 95.7 Å². The van der Waals surface area contributed by atoms with Crippen LogP contribution in [0.1, 0.15) is 36.3 Å². The molecule has 0 saturated carbocycles. The van der Waals surface area contributed by atoms with Crippen LogP contribution in [0.4, 0.5) is 4.79 Å². The summed E-state index contributed by atoms with van der Waals surface area (Å²) in [6.45, 7) is 1.81. The summed E-state index contributed by atoms with van der Waals surface area (Å²) in [4.78, 5) is 46.9. The van der Waals surface area contributed by atoms with Gasteiger partial charge in [0.1, 0.15) is 18.7 Å². The Morgan fingerprint density at radius 1 is 0.878 bits per heavy atom. The molecular formula is C38H39N5O6. The van der Waals surface area contributed by atoms with Crippen molar-refractivity contribution in [2.75, 3.05) is 26.2 Å². The first-order chi connectivity index (χ1) is 23.8. The van der Waals surface area contributed by atoms with Gasteiger partial charge in [-0.25, -0.2) is 9.78 Å². The van der Waals surface area contributed by atoms with Crippen molar-refractivity contribution in [1.82, 2.24) is 23.9 Å². The van der Waals surface area contributed by atoms with Crippen molar-refractivity contribution in [3.8, 4) is 11.4 Å². The maximum Gasteiger partial charge on any atom is 0.407 e. The number of carbonyl (C=O) groups is 2. The van der Waals surface area contributed by atoms with Crippen molar-refractivity contribution < 1.29 is 24.5 Å². The SMILES string of the molecule is O=C(O)N1CC[C@@H](C(=O)N2CCC(O)(Cn3cnc4c(ccn4-c4ccc(OCc5ccccc5)cc4)c3=O)CC2)[C@H](c2ccccc2)C1. The Hall–Kier alpha value is -5.42. The monoisotopic (exact) mass is 661 g/mol. The predicted molar refractivity (Wildman–Crippen MR) is 184 cm³/mol. The first kappa shape index (κ1) is 32.1. The lowest BCUT2D eigenvalue weighted by Crippen LogP contribution is -2.53. The smallest absolute Gasteiger partial charge is 0.407 e. The molecule has 2 saturated heterocycles. The molecule has 11 heteroatoms. The van der Waals surface area contributed by atoms with Gasteiger partial charge in [-0.15, -0.1) is 0 Å². The topological polar surface area (TPSA) is 130 Å². The number of carbonyl (C=O) groups excluding carboxylic acids is 1. The zero-order valence-corrected chi connectivity index (χ0v) is 27.1.